The molecule has 0 aliphatic heterocycles. The van der Waals surface area contributed by atoms with Crippen LogP contribution in [0.25, 0.3) is 0 Å². The topological polar surface area (TPSA) is 115 Å². The van der Waals surface area contributed by atoms with Crippen molar-refractivity contribution in [3.63, 3.8) is 0 Å². The van der Waals surface area contributed by atoms with Crippen molar-refractivity contribution in [3.8, 4) is 0 Å². The minimum Gasteiger partial charge on any atom is -0.392 e. The molecule has 1 fully saturated rings. The molecule has 1 amide bonds. The lowest BCUT2D eigenvalue weighted by Crippen LogP contribution is -2.43. The van der Waals surface area contributed by atoms with Crippen LogP contribution in [0.1, 0.15) is 25.7 Å². The highest BCUT2D eigenvalue weighted by Gasteiger charge is 2.43. The molecule has 5 N–H and O–H groups in total. The van der Waals surface area contributed by atoms with Crippen LogP contribution in [0.2, 0.25) is 0 Å². The second kappa shape index (κ2) is 5.70. The molecule has 0 radical (unpaired) electrons. The number of nitrogens with two attached hydrogens (primary N) is 2. The minimum atomic E-state index is -3.81. The Morgan fingerprint density at radius 2 is 1.90 bits per heavy atom. The minimum absolute atomic E-state index is 0.0592. The molecule has 1 aliphatic rings. The van der Waals surface area contributed by atoms with Gasteiger partial charge in [-0.3, -0.25) is 4.79 Å². The maximum Gasteiger partial charge on any atom is 0.238 e. The summed E-state index contributed by atoms with van der Waals surface area (Å²) < 4.78 is 22.6. The molecule has 0 atom stereocenters. The van der Waals surface area contributed by atoms with Crippen molar-refractivity contribution < 1.29 is 13.2 Å². The summed E-state index contributed by atoms with van der Waals surface area (Å²) in [7, 11) is -3.81. The zero-order chi connectivity index (χ0) is 15.7. The Morgan fingerprint density at radius 3 is 2.43 bits per heavy atom. The Labute approximate surface area is 128 Å². The number of hydrogen-bond donors (Lipinski definition) is 3. The summed E-state index contributed by atoms with van der Waals surface area (Å²) in [5, 5.41) is 7.76. The summed E-state index contributed by atoms with van der Waals surface area (Å²) in [5.74, 6) is -0.293. The number of nitrogens with one attached hydrogen (secondary N) is 1. The number of sulfonamides is 1. The Kier molecular flexibility index (Phi) is 4.31. The Hall–Kier alpha value is -1.51. The van der Waals surface area contributed by atoms with E-state index in [2.05, 4.69) is 5.32 Å². The van der Waals surface area contributed by atoms with Crippen molar-refractivity contribution in [2.45, 2.75) is 30.6 Å². The van der Waals surface area contributed by atoms with Gasteiger partial charge in [-0.2, -0.15) is 0 Å². The van der Waals surface area contributed by atoms with Crippen molar-refractivity contribution in [3.05, 3.63) is 24.3 Å². The number of anilines is 1. The highest BCUT2D eigenvalue weighted by Crippen LogP contribution is 2.39. The van der Waals surface area contributed by atoms with Crippen molar-refractivity contribution in [2.75, 3.05) is 5.32 Å². The van der Waals surface area contributed by atoms with Crippen LogP contribution in [0.4, 0.5) is 5.69 Å². The highest BCUT2D eigenvalue weighted by molar-refractivity contribution is 7.89. The first kappa shape index (κ1) is 15.9. The summed E-state index contributed by atoms with van der Waals surface area (Å²) in [6, 6.07) is 5.78. The van der Waals surface area contributed by atoms with Crippen LogP contribution >= 0.6 is 12.2 Å². The standard InChI is InChI=1S/C13H17N3O3S2/c14-11(20)13(6-1-2-7-13)12(17)16-9-4-3-5-10(8-9)21(15,18)19/h3-5,8H,1-2,6-7H2,(H2,14,20)(H,16,17)(H2,15,18,19). The molecule has 1 aliphatic carbocycles. The van der Waals surface area contributed by atoms with Crippen LogP contribution in [0.5, 0.6) is 0 Å². The van der Waals surface area contributed by atoms with Gasteiger partial charge in [0, 0.05) is 5.69 Å². The molecule has 1 aromatic carbocycles. The second-order valence-corrected chi connectivity index (χ2v) is 7.18. The molecule has 0 spiro atoms. The summed E-state index contributed by atoms with van der Waals surface area (Å²) in [5.41, 5.74) is 5.26. The molecule has 8 heteroatoms. The van der Waals surface area contributed by atoms with E-state index in [0.29, 0.717) is 18.5 Å². The summed E-state index contributed by atoms with van der Waals surface area (Å²) in [6.45, 7) is 0. The zero-order valence-corrected chi connectivity index (χ0v) is 13.0. The summed E-state index contributed by atoms with van der Waals surface area (Å²) >= 11 is 5.05. The maximum atomic E-state index is 12.5. The number of carbonyl (C=O) groups excluding carboxylic acids is 1. The highest BCUT2D eigenvalue weighted by atomic mass is 32.2. The van der Waals surface area contributed by atoms with Gasteiger partial charge in [0.05, 0.1) is 15.3 Å². The van der Waals surface area contributed by atoms with Gasteiger partial charge >= 0.3 is 0 Å². The Balaban J connectivity index is 2.26. The van der Waals surface area contributed by atoms with Crippen molar-refractivity contribution >= 4 is 38.8 Å². The largest absolute Gasteiger partial charge is 0.392 e. The van der Waals surface area contributed by atoms with Crippen molar-refractivity contribution in [1.82, 2.24) is 0 Å². The van der Waals surface area contributed by atoms with Crippen molar-refractivity contribution in [2.24, 2.45) is 16.3 Å². The molecule has 0 bridgehead atoms. The van der Waals surface area contributed by atoms with E-state index in [1.54, 1.807) is 6.07 Å². The molecule has 0 heterocycles. The lowest BCUT2D eigenvalue weighted by atomic mass is 9.85. The number of benzene rings is 1. The molecule has 21 heavy (non-hydrogen) atoms. The van der Waals surface area contributed by atoms with Gasteiger partial charge in [-0.1, -0.05) is 31.1 Å². The molecule has 1 aromatic rings. The fourth-order valence-corrected chi connectivity index (χ4v) is 3.42. The second-order valence-electron chi connectivity index (χ2n) is 5.18. The Bertz CT molecular complexity index is 680. The molecule has 6 nitrogen and oxygen atoms in total. The summed E-state index contributed by atoms with van der Waals surface area (Å²) in [6.07, 6.45) is 3.01. The van der Waals surface area contributed by atoms with Crippen LogP contribution in [0.3, 0.4) is 0 Å². The molecule has 0 saturated heterocycles. The van der Waals surface area contributed by atoms with Gasteiger partial charge in [0.25, 0.3) is 0 Å². The van der Waals surface area contributed by atoms with Crippen molar-refractivity contribution in [1.29, 1.82) is 0 Å². The first-order valence-corrected chi connectivity index (χ1v) is 8.45. The van der Waals surface area contributed by atoms with Crippen LogP contribution in [0, 0.1) is 5.41 Å². The quantitative estimate of drug-likeness (QED) is 0.717. The van der Waals surface area contributed by atoms with E-state index in [1.807, 2.05) is 0 Å². The molecular weight excluding hydrogens is 310 g/mol. The smallest absolute Gasteiger partial charge is 0.238 e. The van der Waals surface area contributed by atoms with Gasteiger partial charge in [-0.05, 0) is 31.0 Å². The number of primary sulfonamides is 1. The van der Waals surface area contributed by atoms with Gasteiger partial charge in [0.15, 0.2) is 0 Å². The third-order valence-corrected chi connectivity index (χ3v) is 5.09. The molecule has 1 saturated carbocycles. The third kappa shape index (κ3) is 3.22. The van der Waals surface area contributed by atoms with Crippen LogP contribution in [-0.2, 0) is 14.8 Å². The number of thiocarbonyl (C=S) groups is 1. The lowest BCUT2D eigenvalue weighted by molar-refractivity contribution is -0.122. The molecular formula is C13H17N3O3S2. The fourth-order valence-electron chi connectivity index (χ4n) is 2.57. The van der Waals surface area contributed by atoms with Crippen LogP contribution < -0.4 is 16.2 Å². The fraction of sp³-hybridized carbons (Fsp3) is 0.385. The van der Waals surface area contributed by atoms with Gasteiger partial charge in [-0.15, -0.1) is 0 Å². The molecule has 114 valence electrons. The molecule has 2 rings (SSSR count). The van der Waals surface area contributed by atoms with Gasteiger partial charge in [0.2, 0.25) is 15.9 Å². The normalized spacial score (nSPS) is 17.4. The predicted octanol–water partition coefficient (Wildman–Crippen LogP) is 1.12. The predicted molar refractivity (Wildman–Crippen MR) is 84.1 cm³/mol. The average molecular weight is 327 g/mol. The first-order chi connectivity index (χ1) is 9.75. The average Bonchev–Trinajstić information content (AvgIpc) is 2.88. The van der Waals surface area contributed by atoms with Gasteiger partial charge in [0.1, 0.15) is 0 Å². The van der Waals surface area contributed by atoms with Gasteiger partial charge < -0.3 is 11.1 Å². The zero-order valence-electron chi connectivity index (χ0n) is 11.3. The van der Waals surface area contributed by atoms with E-state index in [4.69, 9.17) is 23.1 Å². The van der Waals surface area contributed by atoms with E-state index < -0.39 is 15.4 Å². The van der Waals surface area contributed by atoms with E-state index in [-0.39, 0.29) is 15.8 Å². The summed E-state index contributed by atoms with van der Waals surface area (Å²) in [4.78, 5) is 12.6. The van der Waals surface area contributed by atoms with E-state index >= 15 is 0 Å². The number of rotatable bonds is 4. The number of carbonyl (C=O) groups is 1. The third-order valence-electron chi connectivity index (χ3n) is 3.78. The molecule has 0 aromatic heterocycles. The first-order valence-electron chi connectivity index (χ1n) is 6.50. The van der Waals surface area contributed by atoms with Crippen LogP contribution in [-0.4, -0.2) is 19.3 Å². The van der Waals surface area contributed by atoms with Gasteiger partial charge in [-0.25, -0.2) is 13.6 Å². The monoisotopic (exact) mass is 327 g/mol. The van der Waals surface area contributed by atoms with Crippen LogP contribution in [0.15, 0.2) is 29.2 Å². The van der Waals surface area contributed by atoms with E-state index in [9.17, 15) is 13.2 Å². The number of amides is 1. The number of hydrogen-bond acceptors (Lipinski definition) is 4. The Morgan fingerprint density at radius 1 is 1.29 bits per heavy atom. The van der Waals surface area contributed by atoms with E-state index in [0.717, 1.165) is 12.8 Å². The molecule has 0 unspecified atom stereocenters. The van der Waals surface area contributed by atoms with E-state index in [1.165, 1.54) is 18.2 Å². The lowest BCUT2D eigenvalue weighted by Gasteiger charge is -2.26. The SMILES string of the molecule is NC(=S)C1(C(=O)Nc2cccc(S(N)(=O)=O)c2)CCCC1. The maximum absolute atomic E-state index is 12.5.